The summed E-state index contributed by atoms with van der Waals surface area (Å²) in [5, 5.41) is 2.83. The monoisotopic (exact) mass is 497 g/mol. The summed E-state index contributed by atoms with van der Waals surface area (Å²) in [5.41, 5.74) is 2.29. The van der Waals surface area contributed by atoms with Crippen molar-refractivity contribution in [3.05, 3.63) is 88.7 Å². The molecular weight excluding hydrogens is 467 g/mol. The third-order valence-electron chi connectivity index (χ3n) is 5.90. The van der Waals surface area contributed by atoms with Crippen LogP contribution in [0.3, 0.4) is 0 Å². The van der Waals surface area contributed by atoms with E-state index in [4.69, 9.17) is 0 Å². The molecular formula is C28H30F3N3O2. The second kappa shape index (κ2) is 10.9. The number of carbonyl (C=O) groups excluding carboxylic acids is 2. The third-order valence-corrected chi connectivity index (χ3v) is 5.90. The number of carbonyl (C=O) groups is 2. The van der Waals surface area contributed by atoms with Crippen LogP contribution in [0, 0.1) is 12.8 Å². The summed E-state index contributed by atoms with van der Waals surface area (Å²) >= 11 is 0. The van der Waals surface area contributed by atoms with E-state index in [0.29, 0.717) is 28.8 Å². The van der Waals surface area contributed by atoms with Gasteiger partial charge in [0.2, 0.25) is 0 Å². The number of pyridine rings is 1. The van der Waals surface area contributed by atoms with E-state index >= 15 is 0 Å². The van der Waals surface area contributed by atoms with Crippen molar-refractivity contribution in [1.29, 1.82) is 0 Å². The van der Waals surface area contributed by atoms with Gasteiger partial charge >= 0.3 is 6.18 Å². The van der Waals surface area contributed by atoms with Gasteiger partial charge in [0.15, 0.2) is 0 Å². The summed E-state index contributed by atoms with van der Waals surface area (Å²) in [5.74, 6) is -0.344. The van der Waals surface area contributed by atoms with Gasteiger partial charge in [0.1, 0.15) is 5.69 Å². The van der Waals surface area contributed by atoms with Crippen LogP contribution in [0.5, 0.6) is 0 Å². The largest absolute Gasteiger partial charge is 0.433 e. The highest BCUT2D eigenvalue weighted by Gasteiger charge is 2.32. The second-order valence-electron chi connectivity index (χ2n) is 9.31. The van der Waals surface area contributed by atoms with Gasteiger partial charge in [-0.15, -0.1) is 0 Å². The Kier molecular flexibility index (Phi) is 8.17. The summed E-state index contributed by atoms with van der Waals surface area (Å²) in [4.78, 5) is 31.8. The van der Waals surface area contributed by atoms with Gasteiger partial charge in [-0.2, -0.15) is 13.2 Å². The maximum atomic E-state index is 13.3. The number of alkyl halides is 3. The quantitative estimate of drug-likeness (QED) is 0.417. The van der Waals surface area contributed by atoms with E-state index in [9.17, 15) is 22.8 Å². The standard InChI is InChI=1S/C28H30F3N3O2/c1-17(2)16-34(5)27(36)24-14-22(20-9-7-6-8-10-20)13-23(18(24)3)26(35)33-19(4)21-11-12-25(32-15-21)28(29,30)31/h6-15,17,19H,16H2,1-5H3,(H,33,35). The first kappa shape index (κ1) is 26.9. The molecule has 3 rings (SSSR count). The molecule has 0 saturated carbocycles. The SMILES string of the molecule is Cc1c(C(=O)NC(C)c2ccc(C(F)(F)F)nc2)cc(-c2ccccc2)cc1C(=O)N(C)CC(C)C. The molecule has 0 aliphatic carbocycles. The molecule has 190 valence electrons. The molecule has 1 unspecified atom stereocenters. The van der Waals surface area contributed by atoms with Gasteiger partial charge in [-0.1, -0.05) is 50.2 Å². The average molecular weight is 498 g/mol. The molecule has 1 aromatic heterocycles. The molecule has 5 nitrogen and oxygen atoms in total. The Labute approximate surface area is 209 Å². The molecule has 1 atom stereocenters. The number of rotatable bonds is 7. The van der Waals surface area contributed by atoms with Crippen LogP contribution in [0.4, 0.5) is 13.2 Å². The minimum Gasteiger partial charge on any atom is -0.345 e. The number of hydrogen-bond donors (Lipinski definition) is 1. The molecule has 0 saturated heterocycles. The van der Waals surface area contributed by atoms with Gasteiger partial charge in [-0.25, -0.2) is 0 Å². The summed E-state index contributed by atoms with van der Waals surface area (Å²) in [6.45, 7) is 8.00. The molecule has 36 heavy (non-hydrogen) atoms. The Balaban J connectivity index is 1.97. The van der Waals surface area contributed by atoms with Crippen molar-refractivity contribution < 1.29 is 22.8 Å². The Morgan fingerprint density at radius 1 is 0.972 bits per heavy atom. The number of aromatic nitrogens is 1. The topological polar surface area (TPSA) is 62.3 Å². The zero-order valence-electron chi connectivity index (χ0n) is 21.0. The second-order valence-corrected chi connectivity index (χ2v) is 9.31. The van der Waals surface area contributed by atoms with E-state index in [1.165, 1.54) is 6.07 Å². The molecule has 3 aromatic rings. The molecule has 8 heteroatoms. The number of benzene rings is 2. The normalized spacial score (nSPS) is 12.4. The van der Waals surface area contributed by atoms with Gasteiger partial charge in [-0.05, 0) is 60.2 Å². The van der Waals surface area contributed by atoms with Crippen molar-refractivity contribution in [3.8, 4) is 11.1 Å². The minimum absolute atomic E-state index is 0.187. The lowest BCUT2D eigenvalue weighted by Gasteiger charge is -2.22. The Hall–Kier alpha value is -3.68. The smallest absolute Gasteiger partial charge is 0.345 e. The van der Waals surface area contributed by atoms with Crippen molar-refractivity contribution in [1.82, 2.24) is 15.2 Å². The van der Waals surface area contributed by atoms with Crippen molar-refractivity contribution in [2.75, 3.05) is 13.6 Å². The predicted molar refractivity (Wildman–Crippen MR) is 134 cm³/mol. The molecule has 0 spiro atoms. The maximum Gasteiger partial charge on any atom is 0.433 e. The summed E-state index contributed by atoms with van der Waals surface area (Å²) in [6.07, 6.45) is -3.43. The van der Waals surface area contributed by atoms with E-state index in [1.54, 1.807) is 37.9 Å². The van der Waals surface area contributed by atoms with Gasteiger partial charge in [0.25, 0.3) is 11.8 Å². The first-order chi connectivity index (χ1) is 16.9. The van der Waals surface area contributed by atoms with E-state index in [0.717, 1.165) is 23.4 Å². The minimum atomic E-state index is -4.54. The lowest BCUT2D eigenvalue weighted by Crippen LogP contribution is -2.32. The molecule has 1 heterocycles. The molecule has 2 amide bonds. The van der Waals surface area contributed by atoms with Crippen LogP contribution in [-0.2, 0) is 6.18 Å². The zero-order chi connectivity index (χ0) is 26.6. The molecule has 0 radical (unpaired) electrons. The van der Waals surface area contributed by atoms with Gasteiger partial charge in [-0.3, -0.25) is 14.6 Å². The van der Waals surface area contributed by atoms with Crippen LogP contribution in [-0.4, -0.2) is 35.3 Å². The van der Waals surface area contributed by atoms with Crippen LogP contribution in [0.1, 0.15) is 64.3 Å². The zero-order valence-corrected chi connectivity index (χ0v) is 21.0. The highest BCUT2D eigenvalue weighted by Crippen LogP contribution is 2.29. The summed E-state index contributed by atoms with van der Waals surface area (Å²) in [6, 6.07) is 14.5. The van der Waals surface area contributed by atoms with Crippen LogP contribution in [0.2, 0.25) is 0 Å². The highest BCUT2D eigenvalue weighted by atomic mass is 19.4. The highest BCUT2D eigenvalue weighted by molar-refractivity contribution is 6.03. The van der Waals surface area contributed by atoms with Crippen molar-refractivity contribution >= 4 is 11.8 Å². The summed E-state index contributed by atoms with van der Waals surface area (Å²) in [7, 11) is 1.73. The van der Waals surface area contributed by atoms with Crippen molar-refractivity contribution in [2.24, 2.45) is 5.92 Å². The van der Waals surface area contributed by atoms with Crippen LogP contribution in [0.15, 0.2) is 60.8 Å². The van der Waals surface area contributed by atoms with E-state index in [1.807, 2.05) is 44.2 Å². The number of nitrogens with zero attached hydrogens (tertiary/aromatic N) is 2. The summed E-state index contributed by atoms with van der Waals surface area (Å²) < 4.78 is 38.5. The fourth-order valence-electron chi connectivity index (χ4n) is 3.99. The van der Waals surface area contributed by atoms with Crippen molar-refractivity contribution in [3.63, 3.8) is 0 Å². The van der Waals surface area contributed by atoms with Gasteiger partial charge in [0, 0.05) is 30.9 Å². The molecule has 2 aromatic carbocycles. The lowest BCUT2D eigenvalue weighted by atomic mass is 9.93. The van der Waals surface area contributed by atoms with Crippen molar-refractivity contribution in [2.45, 2.75) is 39.9 Å². The van der Waals surface area contributed by atoms with Crippen LogP contribution in [0.25, 0.3) is 11.1 Å². The Morgan fingerprint density at radius 3 is 2.17 bits per heavy atom. The Morgan fingerprint density at radius 2 is 1.61 bits per heavy atom. The van der Waals surface area contributed by atoms with Crippen LogP contribution >= 0.6 is 0 Å². The number of halogens is 3. The molecule has 0 bridgehead atoms. The van der Waals surface area contributed by atoms with E-state index < -0.39 is 23.8 Å². The van der Waals surface area contributed by atoms with Crippen LogP contribution < -0.4 is 5.32 Å². The number of hydrogen-bond acceptors (Lipinski definition) is 3. The maximum absolute atomic E-state index is 13.3. The average Bonchev–Trinajstić information content (AvgIpc) is 2.83. The molecule has 1 N–H and O–H groups in total. The molecule has 0 aliphatic rings. The lowest BCUT2D eigenvalue weighted by molar-refractivity contribution is -0.141. The first-order valence-corrected chi connectivity index (χ1v) is 11.7. The molecule has 0 fully saturated rings. The fourth-order valence-corrected chi connectivity index (χ4v) is 3.99. The van der Waals surface area contributed by atoms with Gasteiger partial charge < -0.3 is 10.2 Å². The van der Waals surface area contributed by atoms with E-state index in [-0.39, 0.29) is 11.8 Å². The first-order valence-electron chi connectivity index (χ1n) is 11.7. The molecule has 0 aliphatic heterocycles. The predicted octanol–water partition coefficient (Wildman–Crippen LogP) is 6.29. The number of nitrogens with one attached hydrogen (secondary N) is 1. The number of amides is 2. The van der Waals surface area contributed by atoms with Gasteiger partial charge in [0.05, 0.1) is 6.04 Å². The third kappa shape index (κ3) is 6.30. The Bertz CT molecular complexity index is 1220. The van der Waals surface area contributed by atoms with E-state index in [2.05, 4.69) is 10.3 Å². The fraction of sp³-hybridized carbons (Fsp3) is 0.321.